The lowest BCUT2D eigenvalue weighted by Gasteiger charge is -2.12. The van der Waals surface area contributed by atoms with Crippen LogP contribution >= 0.6 is 15.9 Å². The summed E-state index contributed by atoms with van der Waals surface area (Å²) < 4.78 is 28.4. The molecule has 2 N–H and O–H groups in total. The van der Waals surface area contributed by atoms with E-state index in [4.69, 9.17) is 9.47 Å². The number of halogens is 2. The third kappa shape index (κ3) is 9.33. The molecule has 4 heterocycles. The van der Waals surface area contributed by atoms with Gasteiger partial charge in [-0.1, -0.05) is 32.4 Å². The fourth-order valence-electron chi connectivity index (χ4n) is 7.00. The normalized spacial score (nSPS) is 13.2. The molecule has 12 heteroatoms. The zero-order valence-corrected chi connectivity index (χ0v) is 35.7. The van der Waals surface area contributed by atoms with Gasteiger partial charge in [0.1, 0.15) is 28.6 Å². The van der Waals surface area contributed by atoms with Crippen LogP contribution in [0.2, 0.25) is 0 Å². The highest BCUT2D eigenvalue weighted by Crippen LogP contribution is 2.42. The molecule has 0 atom stereocenters. The quantitative estimate of drug-likeness (QED) is 0.138. The third-order valence-electron chi connectivity index (χ3n) is 10.3. The smallest absolute Gasteiger partial charge is 0.341 e. The van der Waals surface area contributed by atoms with E-state index in [1.165, 1.54) is 32.8 Å². The molecule has 0 unspecified atom stereocenters. The molecule has 0 saturated heterocycles. The zero-order valence-electron chi connectivity index (χ0n) is 34.1. The van der Waals surface area contributed by atoms with Gasteiger partial charge >= 0.3 is 11.9 Å². The van der Waals surface area contributed by atoms with Gasteiger partial charge in [0, 0.05) is 82.1 Å². The van der Waals surface area contributed by atoms with Gasteiger partial charge < -0.3 is 29.2 Å². The van der Waals surface area contributed by atoms with E-state index < -0.39 is 5.97 Å². The molecule has 3 aromatic carbocycles. The number of aryl methyl sites for hydroxylation is 2. The second-order valence-electron chi connectivity index (χ2n) is 15.0. The van der Waals surface area contributed by atoms with E-state index >= 15 is 0 Å². The average molecular weight is 860 g/mol. The first-order valence-corrected chi connectivity index (χ1v) is 20.6. The number of benzene rings is 3. The number of carbonyl (C=O) groups excluding carboxylic acids is 2. The minimum absolute atomic E-state index is 0.262. The van der Waals surface area contributed by atoms with Crippen LogP contribution in [-0.2, 0) is 23.6 Å². The van der Waals surface area contributed by atoms with Gasteiger partial charge in [0.15, 0.2) is 0 Å². The Balaban J connectivity index is 0.000000171. The number of carbonyl (C=O) groups is 2. The van der Waals surface area contributed by atoms with Crippen molar-refractivity contribution < 1.29 is 23.5 Å². The monoisotopic (exact) mass is 858 g/mol. The Hall–Kier alpha value is -6.01. The van der Waals surface area contributed by atoms with Crippen molar-refractivity contribution in [3.63, 3.8) is 0 Å². The van der Waals surface area contributed by atoms with Gasteiger partial charge in [-0.25, -0.2) is 23.9 Å². The lowest BCUT2D eigenvalue weighted by Crippen LogP contribution is -2.08. The van der Waals surface area contributed by atoms with Gasteiger partial charge in [-0.3, -0.25) is 0 Å². The zero-order chi connectivity index (χ0) is 41.8. The van der Waals surface area contributed by atoms with Crippen LogP contribution in [-0.4, -0.2) is 45.3 Å². The van der Waals surface area contributed by atoms with Gasteiger partial charge in [0.05, 0.1) is 14.2 Å². The molecule has 2 fully saturated rings. The largest absolute Gasteiger partial charge is 0.465 e. The maximum atomic E-state index is 13.4. The maximum absolute atomic E-state index is 13.4. The topological polar surface area (TPSA) is 112 Å². The molecule has 59 heavy (non-hydrogen) atoms. The number of esters is 2. The third-order valence-corrected chi connectivity index (χ3v) is 11.0. The number of nitrogens with zero attached hydrogens (tertiary/aromatic N) is 4. The Bertz CT molecular complexity index is 2650. The summed E-state index contributed by atoms with van der Waals surface area (Å²) in [4.78, 5) is 33.5. The second kappa shape index (κ2) is 17.9. The van der Waals surface area contributed by atoms with Gasteiger partial charge in [-0.2, -0.15) is 0 Å². The predicted molar refractivity (Wildman–Crippen MR) is 237 cm³/mol. The SMILES string of the molecule is CCC.COC(=O)c1cc(C2CC2)cnc1Nc1ccc2c(c1)c(-c1ccc(F)cc1)cn2C.COC(=O)c1cc(C2CC2)cnc1Nc1ccc2c(c1)c(Br)cn2C. The van der Waals surface area contributed by atoms with Crippen molar-refractivity contribution in [1.29, 1.82) is 0 Å². The summed E-state index contributed by atoms with van der Waals surface area (Å²) in [6, 6.07) is 22.3. The molecule has 2 saturated carbocycles. The number of methoxy groups -OCH3 is 2. The molecule has 0 amide bonds. The van der Waals surface area contributed by atoms with Crippen molar-refractivity contribution in [3.05, 3.63) is 130 Å². The van der Waals surface area contributed by atoms with Gasteiger partial charge in [-0.05, 0) is 131 Å². The fourth-order valence-corrected chi connectivity index (χ4v) is 7.62. The Morgan fingerprint density at radius 2 is 1.17 bits per heavy atom. The molecule has 304 valence electrons. The molecule has 7 aromatic rings. The molecule has 4 aromatic heterocycles. The number of ether oxygens (including phenoxy) is 2. The summed E-state index contributed by atoms with van der Waals surface area (Å²) in [5, 5.41) is 8.66. The molecule has 0 spiro atoms. The Labute approximate surface area is 351 Å². The highest BCUT2D eigenvalue weighted by Gasteiger charge is 2.27. The molecule has 0 bridgehead atoms. The van der Waals surface area contributed by atoms with Crippen molar-refractivity contribution in [3.8, 4) is 11.1 Å². The fraction of sp³-hybridized carbons (Fsp3) is 0.277. The standard InChI is InChI=1S/C25H22FN3O2.C19H18BrN3O2.C3H8/c1-29-14-22(16-5-7-18(26)8-6-16)20-12-19(9-10-23(20)29)28-24-21(25(30)31-2)11-17(13-27-24)15-3-4-15;1-23-10-16(20)14-8-13(5-6-17(14)23)22-18-15(19(24)25-2)7-12(9-21-18)11-3-4-11;1-3-2/h5-15H,3-4H2,1-2H3,(H,27,28);5-11H,3-4H2,1-2H3,(H,21,22);3H2,1-2H3. The van der Waals surface area contributed by atoms with Crippen LogP contribution < -0.4 is 10.6 Å². The van der Waals surface area contributed by atoms with Gasteiger partial charge in [-0.15, -0.1) is 0 Å². The lowest BCUT2D eigenvalue weighted by molar-refractivity contribution is 0.0592. The summed E-state index contributed by atoms with van der Waals surface area (Å²) in [6.45, 7) is 4.25. The van der Waals surface area contributed by atoms with E-state index in [0.717, 1.165) is 85.6 Å². The van der Waals surface area contributed by atoms with Crippen molar-refractivity contribution in [2.45, 2.75) is 57.8 Å². The van der Waals surface area contributed by atoms with Crippen LogP contribution in [0, 0.1) is 5.82 Å². The van der Waals surface area contributed by atoms with E-state index in [9.17, 15) is 14.0 Å². The first-order chi connectivity index (χ1) is 28.5. The Morgan fingerprint density at radius 3 is 1.64 bits per heavy atom. The summed E-state index contributed by atoms with van der Waals surface area (Å²) in [6.07, 6.45) is 13.6. The van der Waals surface area contributed by atoms with E-state index in [-0.39, 0.29) is 11.8 Å². The van der Waals surface area contributed by atoms with Crippen molar-refractivity contribution in [1.82, 2.24) is 19.1 Å². The van der Waals surface area contributed by atoms with E-state index in [1.54, 1.807) is 12.1 Å². The van der Waals surface area contributed by atoms with Crippen LogP contribution in [0.1, 0.15) is 89.6 Å². The van der Waals surface area contributed by atoms with Crippen LogP contribution in [0.25, 0.3) is 32.9 Å². The van der Waals surface area contributed by atoms with Crippen LogP contribution in [0.15, 0.2) is 102 Å². The van der Waals surface area contributed by atoms with Crippen LogP contribution in [0.3, 0.4) is 0 Å². The summed E-state index contributed by atoms with van der Waals surface area (Å²) in [5.74, 6) is 0.954. The predicted octanol–water partition coefficient (Wildman–Crippen LogP) is 11.9. The van der Waals surface area contributed by atoms with Gasteiger partial charge in [0.25, 0.3) is 0 Å². The van der Waals surface area contributed by atoms with Crippen LogP contribution in [0.5, 0.6) is 0 Å². The summed E-state index contributed by atoms with van der Waals surface area (Å²) in [5.41, 5.74) is 8.87. The first-order valence-electron chi connectivity index (χ1n) is 19.8. The number of rotatable bonds is 9. The Morgan fingerprint density at radius 1 is 0.712 bits per heavy atom. The average Bonchev–Trinajstić information content (AvgIpc) is 4.19. The highest BCUT2D eigenvalue weighted by molar-refractivity contribution is 9.10. The number of hydrogen-bond donors (Lipinski definition) is 2. The first kappa shape index (κ1) is 41.2. The molecule has 2 aliphatic carbocycles. The maximum Gasteiger partial charge on any atom is 0.341 e. The number of fused-ring (bicyclic) bond motifs is 2. The van der Waals surface area contributed by atoms with E-state index in [2.05, 4.69) is 54.9 Å². The van der Waals surface area contributed by atoms with E-state index in [0.29, 0.717) is 34.6 Å². The second-order valence-corrected chi connectivity index (χ2v) is 15.9. The Kier molecular flexibility index (Phi) is 12.5. The minimum Gasteiger partial charge on any atom is -0.465 e. The van der Waals surface area contributed by atoms with Crippen molar-refractivity contribution in [2.24, 2.45) is 14.1 Å². The lowest BCUT2D eigenvalue weighted by atomic mass is 10.0. The number of hydrogen-bond acceptors (Lipinski definition) is 8. The van der Waals surface area contributed by atoms with E-state index in [1.807, 2.05) is 92.0 Å². The number of anilines is 4. The molecule has 10 nitrogen and oxygen atoms in total. The van der Waals surface area contributed by atoms with Crippen LogP contribution in [0.4, 0.5) is 27.4 Å². The number of nitrogens with one attached hydrogen (secondary N) is 2. The summed E-state index contributed by atoms with van der Waals surface area (Å²) in [7, 11) is 6.76. The molecular weight excluding hydrogens is 811 g/mol. The minimum atomic E-state index is -0.412. The van der Waals surface area contributed by atoms with Crippen molar-refractivity contribution >= 4 is 72.7 Å². The number of pyridine rings is 2. The molecule has 2 aliphatic rings. The summed E-state index contributed by atoms with van der Waals surface area (Å²) >= 11 is 3.58. The van der Waals surface area contributed by atoms with Crippen molar-refractivity contribution in [2.75, 3.05) is 24.9 Å². The highest BCUT2D eigenvalue weighted by atomic mass is 79.9. The molecule has 9 rings (SSSR count). The molecule has 0 radical (unpaired) electrons. The number of aromatic nitrogens is 4. The molecular formula is C47H48BrFN6O4. The molecule has 0 aliphatic heterocycles. The van der Waals surface area contributed by atoms with Gasteiger partial charge in [0.2, 0.25) is 0 Å².